The number of nitriles is 1. The van der Waals surface area contributed by atoms with Gasteiger partial charge in [0, 0.05) is 18.3 Å². The Morgan fingerprint density at radius 1 is 1.36 bits per heavy atom. The van der Waals surface area contributed by atoms with Crippen LogP contribution in [-0.2, 0) is 4.79 Å². The molecule has 2 amide bonds. The Morgan fingerprint density at radius 3 is 2.52 bits per heavy atom. The fraction of sp³-hybridized carbons (Fsp3) is 0.222. The third-order valence-corrected chi connectivity index (χ3v) is 3.74. The van der Waals surface area contributed by atoms with Crippen LogP contribution in [0.4, 0.5) is 11.5 Å². The van der Waals surface area contributed by atoms with Gasteiger partial charge in [0.05, 0.1) is 5.69 Å². The number of hydrogen-bond acceptors (Lipinski definition) is 4. The van der Waals surface area contributed by atoms with Crippen molar-refractivity contribution in [3.63, 3.8) is 0 Å². The zero-order valence-electron chi connectivity index (χ0n) is 14.3. The van der Waals surface area contributed by atoms with Crippen molar-refractivity contribution in [3.8, 4) is 6.07 Å². The summed E-state index contributed by atoms with van der Waals surface area (Å²) in [6.45, 7) is 7.30. The lowest BCUT2D eigenvalue weighted by Crippen LogP contribution is -2.23. The molecule has 0 aliphatic rings. The first kappa shape index (κ1) is 17.9. The zero-order valence-corrected chi connectivity index (χ0v) is 14.3. The first-order valence-corrected chi connectivity index (χ1v) is 7.69. The summed E-state index contributed by atoms with van der Waals surface area (Å²) in [5, 5.41) is 18.7. The van der Waals surface area contributed by atoms with Crippen LogP contribution >= 0.6 is 0 Å². The van der Waals surface area contributed by atoms with Gasteiger partial charge >= 0.3 is 0 Å². The first-order chi connectivity index (χ1) is 11.9. The molecule has 0 spiro atoms. The standard InChI is InChI=1S/C18H19N5O2/c1-5-15(24)23(4)13-8-6-12(7-9-13)18(25)20-17-14(10-19)16(11(2)3)21-22-17/h5-9,11H,1H2,2-4H3,(H2,20,21,22,25). The minimum atomic E-state index is -0.387. The molecule has 0 aliphatic heterocycles. The number of amides is 2. The lowest BCUT2D eigenvalue weighted by molar-refractivity contribution is -0.113. The van der Waals surface area contributed by atoms with E-state index >= 15 is 0 Å². The number of benzene rings is 1. The van der Waals surface area contributed by atoms with Crippen molar-refractivity contribution < 1.29 is 9.59 Å². The van der Waals surface area contributed by atoms with Gasteiger partial charge in [-0.05, 0) is 36.3 Å². The van der Waals surface area contributed by atoms with E-state index in [-0.39, 0.29) is 23.6 Å². The topological polar surface area (TPSA) is 102 Å². The van der Waals surface area contributed by atoms with Gasteiger partial charge < -0.3 is 10.2 Å². The number of aromatic amines is 1. The number of carbonyl (C=O) groups excluding carboxylic acids is 2. The third-order valence-electron chi connectivity index (χ3n) is 3.74. The average molecular weight is 337 g/mol. The van der Waals surface area contributed by atoms with E-state index in [1.807, 2.05) is 13.8 Å². The monoisotopic (exact) mass is 337 g/mol. The van der Waals surface area contributed by atoms with Gasteiger partial charge in [0.1, 0.15) is 11.6 Å². The molecule has 2 rings (SSSR count). The molecular weight excluding hydrogens is 318 g/mol. The van der Waals surface area contributed by atoms with E-state index in [9.17, 15) is 14.9 Å². The van der Waals surface area contributed by atoms with Crippen LogP contribution in [0, 0.1) is 11.3 Å². The van der Waals surface area contributed by atoms with Crippen LogP contribution in [0.1, 0.15) is 41.4 Å². The molecule has 0 radical (unpaired) electrons. The molecule has 25 heavy (non-hydrogen) atoms. The Balaban J connectivity index is 2.18. The van der Waals surface area contributed by atoms with Gasteiger partial charge in [0.25, 0.3) is 5.91 Å². The quantitative estimate of drug-likeness (QED) is 0.819. The fourth-order valence-electron chi connectivity index (χ4n) is 2.26. The summed E-state index contributed by atoms with van der Waals surface area (Å²) in [6.07, 6.45) is 1.22. The Kier molecular flexibility index (Phi) is 5.35. The van der Waals surface area contributed by atoms with Crippen molar-refractivity contribution in [3.05, 3.63) is 53.7 Å². The van der Waals surface area contributed by atoms with Crippen LogP contribution in [0.5, 0.6) is 0 Å². The second kappa shape index (κ2) is 7.45. The number of carbonyl (C=O) groups is 2. The molecule has 0 saturated carbocycles. The second-order valence-electron chi connectivity index (χ2n) is 5.73. The van der Waals surface area contributed by atoms with Crippen LogP contribution in [0.25, 0.3) is 0 Å². The number of H-pyrrole nitrogens is 1. The smallest absolute Gasteiger partial charge is 0.256 e. The van der Waals surface area contributed by atoms with Crippen molar-refractivity contribution in [2.24, 2.45) is 0 Å². The van der Waals surface area contributed by atoms with Gasteiger partial charge in [-0.1, -0.05) is 20.4 Å². The molecule has 0 saturated heterocycles. The SMILES string of the molecule is C=CC(=O)N(C)c1ccc(C(=O)Nc2n[nH]c(C(C)C)c2C#N)cc1. The van der Waals surface area contributed by atoms with Crippen molar-refractivity contribution in [2.45, 2.75) is 19.8 Å². The average Bonchev–Trinajstić information content (AvgIpc) is 3.03. The molecule has 128 valence electrons. The lowest BCUT2D eigenvalue weighted by Gasteiger charge is -2.15. The molecule has 1 aromatic carbocycles. The molecule has 0 bridgehead atoms. The van der Waals surface area contributed by atoms with E-state index in [4.69, 9.17) is 0 Å². The van der Waals surface area contributed by atoms with Gasteiger partial charge in [-0.15, -0.1) is 0 Å². The number of anilines is 2. The molecule has 1 aromatic heterocycles. The van der Waals surface area contributed by atoms with Crippen molar-refractivity contribution >= 4 is 23.3 Å². The normalized spacial score (nSPS) is 10.2. The van der Waals surface area contributed by atoms with Crippen LogP contribution in [-0.4, -0.2) is 29.1 Å². The summed E-state index contributed by atoms with van der Waals surface area (Å²) in [5.41, 5.74) is 2.04. The van der Waals surface area contributed by atoms with Crippen LogP contribution < -0.4 is 10.2 Å². The van der Waals surface area contributed by atoms with Crippen LogP contribution in [0.15, 0.2) is 36.9 Å². The minimum absolute atomic E-state index is 0.0880. The Bertz CT molecular complexity index is 843. The molecule has 1 heterocycles. The first-order valence-electron chi connectivity index (χ1n) is 7.69. The molecule has 0 unspecified atom stereocenters. The maximum atomic E-state index is 12.4. The van der Waals surface area contributed by atoms with E-state index in [1.54, 1.807) is 31.3 Å². The zero-order chi connectivity index (χ0) is 18.6. The largest absolute Gasteiger partial charge is 0.312 e. The molecule has 0 atom stereocenters. The maximum absolute atomic E-state index is 12.4. The van der Waals surface area contributed by atoms with Gasteiger partial charge in [-0.2, -0.15) is 10.4 Å². The Hall–Kier alpha value is -3.40. The van der Waals surface area contributed by atoms with Crippen LogP contribution in [0.2, 0.25) is 0 Å². The van der Waals surface area contributed by atoms with Crippen molar-refractivity contribution in [1.82, 2.24) is 10.2 Å². The van der Waals surface area contributed by atoms with Gasteiger partial charge in [0.2, 0.25) is 5.91 Å². The molecule has 7 nitrogen and oxygen atoms in total. The highest BCUT2D eigenvalue weighted by molar-refractivity contribution is 6.05. The summed E-state index contributed by atoms with van der Waals surface area (Å²) < 4.78 is 0. The predicted octanol–water partition coefficient (Wildman–Crippen LogP) is 2.81. The number of hydrogen-bond donors (Lipinski definition) is 2. The maximum Gasteiger partial charge on any atom is 0.256 e. The van der Waals surface area contributed by atoms with E-state index in [0.717, 1.165) is 0 Å². The summed E-state index contributed by atoms with van der Waals surface area (Å²) in [7, 11) is 1.62. The predicted molar refractivity (Wildman–Crippen MR) is 95.4 cm³/mol. The molecular formula is C18H19N5O2. The fourth-order valence-corrected chi connectivity index (χ4v) is 2.26. The molecule has 0 aliphatic carbocycles. The molecule has 2 N–H and O–H groups in total. The summed E-state index contributed by atoms with van der Waals surface area (Å²) in [5.74, 6) is -0.333. The minimum Gasteiger partial charge on any atom is -0.312 e. The number of likely N-dealkylation sites (N-methyl/N-ethyl adjacent to an activating group) is 1. The summed E-state index contributed by atoms with van der Waals surface area (Å²) in [6, 6.07) is 8.57. The van der Waals surface area contributed by atoms with Crippen LogP contribution in [0.3, 0.4) is 0 Å². The van der Waals surface area contributed by atoms with Gasteiger partial charge in [-0.3, -0.25) is 14.7 Å². The molecule has 7 heteroatoms. The van der Waals surface area contributed by atoms with Crippen molar-refractivity contribution in [2.75, 3.05) is 17.3 Å². The number of nitrogens with one attached hydrogen (secondary N) is 2. The van der Waals surface area contributed by atoms with E-state index in [0.29, 0.717) is 22.5 Å². The van der Waals surface area contributed by atoms with Gasteiger partial charge in [0.15, 0.2) is 5.82 Å². The van der Waals surface area contributed by atoms with E-state index in [2.05, 4.69) is 28.2 Å². The Morgan fingerprint density at radius 2 is 2.00 bits per heavy atom. The van der Waals surface area contributed by atoms with Gasteiger partial charge in [-0.25, -0.2) is 0 Å². The highest BCUT2D eigenvalue weighted by Crippen LogP contribution is 2.23. The lowest BCUT2D eigenvalue weighted by atomic mass is 10.1. The number of nitrogens with zero attached hydrogens (tertiary/aromatic N) is 3. The van der Waals surface area contributed by atoms with Crippen molar-refractivity contribution in [1.29, 1.82) is 5.26 Å². The summed E-state index contributed by atoms with van der Waals surface area (Å²) >= 11 is 0. The third kappa shape index (κ3) is 3.75. The highest BCUT2D eigenvalue weighted by atomic mass is 16.2. The molecule has 2 aromatic rings. The highest BCUT2D eigenvalue weighted by Gasteiger charge is 2.18. The number of aromatic nitrogens is 2. The number of rotatable bonds is 5. The second-order valence-corrected chi connectivity index (χ2v) is 5.73. The Labute approximate surface area is 146 Å². The molecule has 0 fully saturated rings. The van der Waals surface area contributed by atoms with E-state index < -0.39 is 0 Å². The summed E-state index contributed by atoms with van der Waals surface area (Å²) in [4.78, 5) is 25.4. The van der Waals surface area contributed by atoms with E-state index in [1.165, 1.54) is 11.0 Å².